The number of unbranched alkanes of at least 4 members (excludes halogenated alkanes) is 9. The lowest BCUT2D eigenvalue weighted by atomic mass is 10.1. The molecule has 0 radical (unpaired) electrons. The first-order valence-electron chi connectivity index (χ1n) is 7.55. The first-order valence-corrected chi connectivity index (χ1v) is 8.70. The highest BCUT2D eigenvalue weighted by Crippen LogP contribution is 2.12. The molecule has 0 aromatic rings. The fraction of sp³-hybridized carbons (Fsp3) is 0.933. The summed E-state index contributed by atoms with van der Waals surface area (Å²) in [6.07, 6.45) is 13.8. The fourth-order valence-electron chi connectivity index (χ4n) is 1.95. The highest BCUT2D eigenvalue weighted by Gasteiger charge is 1.93. The van der Waals surface area contributed by atoms with Crippen molar-refractivity contribution >= 4 is 17.7 Å². The molecule has 0 aliphatic rings. The summed E-state index contributed by atoms with van der Waals surface area (Å²) < 4.78 is 0. The van der Waals surface area contributed by atoms with Crippen LogP contribution < -0.4 is 5.11 Å². The van der Waals surface area contributed by atoms with Gasteiger partial charge in [0.2, 0.25) is 0 Å². The van der Waals surface area contributed by atoms with Crippen LogP contribution in [-0.2, 0) is 4.79 Å². The second-order valence-corrected chi connectivity index (χ2v) is 6.14. The van der Waals surface area contributed by atoms with E-state index in [4.69, 9.17) is 0 Å². The summed E-state index contributed by atoms with van der Waals surface area (Å²) in [5.41, 5.74) is 0. The van der Waals surface area contributed by atoms with Gasteiger partial charge in [-0.25, -0.2) is 0 Å². The number of aliphatic carboxylic acids is 1. The molecule has 0 saturated heterocycles. The Morgan fingerprint density at radius 2 is 1.33 bits per heavy atom. The van der Waals surface area contributed by atoms with Crippen LogP contribution in [-0.4, -0.2) is 17.5 Å². The third-order valence-corrected chi connectivity index (χ3v) is 4.16. The van der Waals surface area contributed by atoms with E-state index in [0.717, 1.165) is 5.75 Å². The van der Waals surface area contributed by atoms with Crippen molar-refractivity contribution in [3.63, 3.8) is 0 Å². The molecule has 0 aliphatic heterocycles. The van der Waals surface area contributed by atoms with Crippen LogP contribution in [0.1, 0.15) is 77.6 Å². The Hall–Kier alpha value is -0.180. The monoisotopic (exact) mass is 273 g/mol. The molecular formula is C15H29O2S-. The number of rotatable bonds is 14. The molecule has 0 bridgehead atoms. The summed E-state index contributed by atoms with van der Waals surface area (Å²) >= 11 is 1.74. The summed E-state index contributed by atoms with van der Waals surface area (Å²) in [5, 5.41) is 10.2. The second-order valence-electron chi connectivity index (χ2n) is 4.92. The minimum atomic E-state index is -0.925. The van der Waals surface area contributed by atoms with Crippen molar-refractivity contribution in [3.05, 3.63) is 0 Å². The van der Waals surface area contributed by atoms with Gasteiger partial charge in [0, 0.05) is 5.97 Å². The number of carboxylic acid groups (broad SMARTS) is 1. The normalized spacial score (nSPS) is 10.7. The van der Waals surface area contributed by atoms with Gasteiger partial charge in [-0.2, -0.15) is 11.8 Å². The zero-order valence-electron chi connectivity index (χ0n) is 11.9. The molecule has 0 rings (SSSR count). The molecule has 0 fully saturated rings. The largest absolute Gasteiger partial charge is 0.550 e. The Labute approximate surface area is 117 Å². The molecule has 18 heavy (non-hydrogen) atoms. The van der Waals surface area contributed by atoms with Crippen LogP contribution in [0.2, 0.25) is 0 Å². The Bertz CT molecular complexity index is 183. The molecule has 0 aliphatic carbocycles. The van der Waals surface area contributed by atoms with Crippen LogP contribution in [0.15, 0.2) is 0 Å². The number of carboxylic acids is 1. The summed E-state index contributed by atoms with van der Waals surface area (Å²) in [5.74, 6) is 0.884. The Kier molecular flexibility index (Phi) is 14.7. The van der Waals surface area contributed by atoms with Crippen LogP contribution in [0.4, 0.5) is 0 Å². The summed E-state index contributed by atoms with van der Waals surface area (Å²) in [6.45, 7) is 2.25. The van der Waals surface area contributed by atoms with E-state index in [-0.39, 0.29) is 6.42 Å². The van der Waals surface area contributed by atoms with Crippen molar-refractivity contribution in [2.75, 3.05) is 11.5 Å². The van der Waals surface area contributed by atoms with E-state index in [1.165, 1.54) is 64.2 Å². The van der Waals surface area contributed by atoms with Gasteiger partial charge in [0.15, 0.2) is 0 Å². The number of carbonyl (C=O) groups is 1. The van der Waals surface area contributed by atoms with Gasteiger partial charge in [-0.1, -0.05) is 64.7 Å². The molecule has 0 spiro atoms. The lowest BCUT2D eigenvalue weighted by Gasteiger charge is -2.03. The molecule has 0 unspecified atom stereocenters. The number of hydrogen-bond acceptors (Lipinski definition) is 3. The fourth-order valence-corrected chi connectivity index (χ4v) is 2.87. The van der Waals surface area contributed by atoms with E-state index in [9.17, 15) is 9.90 Å². The van der Waals surface area contributed by atoms with Gasteiger partial charge in [0.1, 0.15) is 0 Å². The van der Waals surface area contributed by atoms with E-state index in [1.54, 1.807) is 11.8 Å². The minimum absolute atomic E-state index is 0.197. The molecule has 0 aromatic heterocycles. The Balaban J connectivity index is 2.92. The topological polar surface area (TPSA) is 40.1 Å². The van der Waals surface area contributed by atoms with Gasteiger partial charge < -0.3 is 9.90 Å². The third kappa shape index (κ3) is 15.8. The predicted octanol–water partition coefficient (Wildman–Crippen LogP) is 3.78. The Morgan fingerprint density at radius 1 is 0.833 bits per heavy atom. The maximum atomic E-state index is 10.2. The van der Waals surface area contributed by atoms with Crippen molar-refractivity contribution in [1.82, 2.24) is 0 Å². The van der Waals surface area contributed by atoms with Crippen LogP contribution in [0.5, 0.6) is 0 Å². The standard InChI is InChI=1S/C15H30O2S/c1-2-3-4-5-6-7-8-9-10-11-13-18-14-12-15(16)17/h2-14H2,1H3,(H,16,17)/p-1. The third-order valence-electron chi connectivity index (χ3n) is 3.09. The van der Waals surface area contributed by atoms with E-state index in [2.05, 4.69) is 6.92 Å². The van der Waals surface area contributed by atoms with Gasteiger partial charge in [-0.05, 0) is 24.3 Å². The Morgan fingerprint density at radius 3 is 1.83 bits per heavy atom. The average Bonchev–Trinajstić information content (AvgIpc) is 2.34. The van der Waals surface area contributed by atoms with Crippen molar-refractivity contribution in [1.29, 1.82) is 0 Å². The summed E-state index contributed by atoms with van der Waals surface area (Å²) in [7, 11) is 0. The first kappa shape index (κ1) is 17.8. The van der Waals surface area contributed by atoms with Crippen LogP contribution in [0, 0.1) is 0 Å². The van der Waals surface area contributed by atoms with Gasteiger partial charge in [-0.3, -0.25) is 0 Å². The van der Waals surface area contributed by atoms with Crippen LogP contribution in [0.3, 0.4) is 0 Å². The molecule has 2 nitrogen and oxygen atoms in total. The second kappa shape index (κ2) is 14.9. The highest BCUT2D eigenvalue weighted by molar-refractivity contribution is 7.99. The van der Waals surface area contributed by atoms with Gasteiger partial charge in [0.05, 0.1) is 0 Å². The molecule has 0 N–H and O–H groups in total. The van der Waals surface area contributed by atoms with E-state index in [0.29, 0.717) is 5.75 Å². The quantitative estimate of drug-likeness (QED) is 0.452. The molecular weight excluding hydrogens is 244 g/mol. The smallest absolute Gasteiger partial charge is 0.0422 e. The molecule has 3 heteroatoms. The predicted molar refractivity (Wildman–Crippen MR) is 78.8 cm³/mol. The lowest BCUT2D eigenvalue weighted by Crippen LogP contribution is -2.22. The number of carbonyl (C=O) groups excluding carboxylic acids is 1. The van der Waals surface area contributed by atoms with Gasteiger partial charge in [-0.15, -0.1) is 0 Å². The molecule has 0 amide bonds. The van der Waals surface area contributed by atoms with Crippen molar-refractivity contribution in [3.8, 4) is 0 Å². The maximum absolute atomic E-state index is 10.2. The van der Waals surface area contributed by atoms with E-state index in [1.807, 2.05) is 0 Å². The summed E-state index contributed by atoms with van der Waals surface area (Å²) in [6, 6.07) is 0. The minimum Gasteiger partial charge on any atom is -0.550 e. The maximum Gasteiger partial charge on any atom is 0.0422 e. The number of hydrogen-bond donors (Lipinski definition) is 0. The molecule has 0 heterocycles. The van der Waals surface area contributed by atoms with Crippen molar-refractivity contribution in [2.45, 2.75) is 77.6 Å². The SMILES string of the molecule is CCCCCCCCCCCCSCCC(=O)[O-]. The molecule has 108 valence electrons. The van der Waals surface area contributed by atoms with Crippen molar-refractivity contribution < 1.29 is 9.90 Å². The highest BCUT2D eigenvalue weighted by atomic mass is 32.2. The first-order chi connectivity index (χ1) is 8.77. The zero-order chi connectivity index (χ0) is 13.5. The zero-order valence-corrected chi connectivity index (χ0v) is 12.7. The lowest BCUT2D eigenvalue weighted by molar-refractivity contribution is -0.305. The number of thioether (sulfide) groups is 1. The average molecular weight is 273 g/mol. The van der Waals surface area contributed by atoms with E-state index < -0.39 is 5.97 Å². The molecule has 0 aromatic carbocycles. The van der Waals surface area contributed by atoms with E-state index >= 15 is 0 Å². The molecule has 0 atom stereocenters. The van der Waals surface area contributed by atoms with Crippen LogP contribution in [0.25, 0.3) is 0 Å². The van der Waals surface area contributed by atoms with Gasteiger partial charge in [0.25, 0.3) is 0 Å². The van der Waals surface area contributed by atoms with Crippen molar-refractivity contribution in [2.24, 2.45) is 0 Å². The summed E-state index contributed by atoms with van der Waals surface area (Å²) in [4.78, 5) is 10.2. The molecule has 0 saturated carbocycles. The van der Waals surface area contributed by atoms with Gasteiger partial charge >= 0.3 is 0 Å². The van der Waals surface area contributed by atoms with Crippen LogP contribution >= 0.6 is 11.8 Å².